The van der Waals surface area contributed by atoms with Crippen LogP contribution in [0.15, 0.2) is 10.6 Å². The molecular formula is C25H39BrN4O4S. The van der Waals surface area contributed by atoms with Crippen LogP contribution >= 0.6 is 27.7 Å². The van der Waals surface area contributed by atoms with Gasteiger partial charge in [-0.3, -0.25) is 19.3 Å². The van der Waals surface area contributed by atoms with Crippen LogP contribution in [-0.4, -0.2) is 64.8 Å². The quantitative estimate of drug-likeness (QED) is 0.139. The summed E-state index contributed by atoms with van der Waals surface area (Å²) in [5.41, 5.74) is 0. The Morgan fingerprint density at radius 2 is 1.66 bits per heavy atom. The van der Waals surface area contributed by atoms with Crippen molar-refractivity contribution in [3.63, 3.8) is 0 Å². The first kappa shape index (κ1) is 28.0. The third kappa shape index (κ3) is 9.12. The molecule has 0 aliphatic carbocycles. The van der Waals surface area contributed by atoms with E-state index in [1.54, 1.807) is 0 Å². The van der Waals surface area contributed by atoms with E-state index in [0.29, 0.717) is 22.7 Å². The molecule has 3 heterocycles. The van der Waals surface area contributed by atoms with Gasteiger partial charge in [0, 0.05) is 36.6 Å². The third-order valence-electron chi connectivity index (χ3n) is 6.93. The van der Waals surface area contributed by atoms with Crippen LogP contribution in [0, 0.1) is 0 Å². The topological polar surface area (TPSA) is 108 Å². The number of rotatable bonds is 17. The summed E-state index contributed by atoms with van der Waals surface area (Å²) in [7, 11) is 0. The fourth-order valence-corrected chi connectivity index (χ4v) is 6.86. The number of fused-ring (bicyclic) bond motifs is 1. The summed E-state index contributed by atoms with van der Waals surface area (Å²) in [6.45, 7) is 1.26. The molecule has 0 radical (unpaired) electrons. The molecule has 3 atom stereocenters. The van der Waals surface area contributed by atoms with E-state index in [4.69, 9.17) is 0 Å². The van der Waals surface area contributed by atoms with Crippen molar-refractivity contribution in [2.75, 3.05) is 18.8 Å². The number of hydrogen-bond donors (Lipinski definition) is 3. The van der Waals surface area contributed by atoms with E-state index in [9.17, 15) is 19.2 Å². The van der Waals surface area contributed by atoms with Crippen molar-refractivity contribution in [3.05, 3.63) is 10.6 Å². The van der Waals surface area contributed by atoms with Gasteiger partial charge >= 0.3 is 6.03 Å². The number of carbonyl (C=O) groups is 4. The molecule has 35 heavy (non-hydrogen) atoms. The molecular weight excluding hydrogens is 532 g/mol. The molecule has 0 bridgehead atoms. The molecule has 3 rings (SSSR count). The summed E-state index contributed by atoms with van der Waals surface area (Å²) in [6.07, 6.45) is 14.8. The van der Waals surface area contributed by atoms with Crippen molar-refractivity contribution >= 4 is 51.4 Å². The Hall–Kier alpha value is -1.55. The third-order valence-corrected chi connectivity index (χ3v) is 9.00. The van der Waals surface area contributed by atoms with E-state index in [1.165, 1.54) is 30.2 Å². The van der Waals surface area contributed by atoms with Crippen LogP contribution in [0.1, 0.15) is 83.5 Å². The van der Waals surface area contributed by atoms with E-state index in [-0.39, 0.29) is 35.8 Å². The highest BCUT2D eigenvalue weighted by Crippen LogP contribution is 2.33. The maximum Gasteiger partial charge on any atom is 0.315 e. The van der Waals surface area contributed by atoms with Crippen molar-refractivity contribution in [3.8, 4) is 0 Å². The van der Waals surface area contributed by atoms with Gasteiger partial charge in [-0.15, -0.1) is 0 Å². The number of unbranched alkanes of at least 4 members (excludes halogenated alkanes) is 9. The monoisotopic (exact) mass is 570 g/mol. The van der Waals surface area contributed by atoms with E-state index in [2.05, 4.69) is 31.9 Å². The zero-order valence-electron chi connectivity index (χ0n) is 20.5. The van der Waals surface area contributed by atoms with Crippen molar-refractivity contribution < 1.29 is 19.2 Å². The van der Waals surface area contributed by atoms with E-state index < -0.39 is 0 Å². The van der Waals surface area contributed by atoms with Crippen LogP contribution in [0.4, 0.5) is 4.79 Å². The summed E-state index contributed by atoms with van der Waals surface area (Å²) in [6, 6.07) is 0.529. The van der Waals surface area contributed by atoms with Gasteiger partial charge in [0.05, 0.1) is 16.6 Å². The van der Waals surface area contributed by atoms with E-state index in [0.717, 1.165) is 70.1 Å². The first-order chi connectivity index (χ1) is 17.0. The molecule has 5 amide bonds. The normalized spacial score (nSPS) is 23.3. The van der Waals surface area contributed by atoms with Crippen LogP contribution in [-0.2, 0) is 14.4 Å². The highest BCUT2D eigenvalue weighted by molar-refractivity contribution is 9.12. The van der Waals surface area contributed by atoms with Crippen LogP contribution in [0.3, 0.4) is 0 Å². The van der Waals surface area contributed by atoms with Crippen molar-refractivity contribution in [2.45, 2.75) is 101 Å². The fraction of sp³-hybridized carbons (Fsp3) is 0.760. The predicted molar refractivity (Wildman–Crippen MR) is 142 cm³/mol. The largest absolute Gasteiger partial charge is 0.356 e. The molecule has 0 saturated carbocycles. The molecule has 10 heteroatoms. The molecule has 2 fully saturated rings. The van der Waals surface area contributed by atoms with Gasteiger partial charge in [-0.05, 0) is 41.6 Å². The standard InChI is InChI=1S/C25H39BrN4O4S/c26-18-16-22(32)30(24(18)33)15-11-6-4-2-1-3-5-10-14-27-21(31)13-9-7-8-12-20-23-19(17-35-20)28-25(34)29-23/h16,19-20,23H,1-15,17H2,(H,27,31)(H2,28,29,34)/t19-,20-,23-/m0/s1. The maximum atomic E-state index is 12.0. The molecule has 0 spiro atoms. The zero-order valence-corrected chi connectivity index (χ0v) is 22.9. The molecule has 8 nitrogen and oxygen atoms in total. The minimum absolute atomic E-state index is 0.0311. The molecule has 0 unspecified atom stereocenters. The van der Waals surface area contributed by atoms with Gasteiger partial charge in [0.2, 0.25) is 5.91 Å². The smallest absolute Gasteiger partial charge is 0.315 e. The Morgan fingerprint density at radius 1 is 0.971 bits per heavy atom. The van der Waals surface area contributed by atoms with E-state index >= 15 is 0 Å². The maximum absolute atomic E-state index is 12.0. The minimum atomic E-state index is -0.224. The Labute approximate surface area is 221 Å². The second-order valence-electron chi connectivity index (χ2n) is 9.69. The second kappa shape index (κ2) is 14.9. The molecule has 0 aromatic carbocycles. The number of carbonyl (C=O) groups excluding carboxylic acids is 4. The number of urea groups is 1. The zero-order chi connectivity index (χ0) is 25.0. The van der Waals surface area contributed by atoms with Crippen LogP contribution < -0.4 is 16.0 Å². The van der Waals surface area contributed by atoms with E-state index in [1.807, 2.05) is 11.8 Å². The first-order valence-corrected chi connectivity index (χ1v) is 15.0. The van der Waals surface area contributed by atoms with Gasteiger partial charge < -0.3 is 16.0 Å². The number of nitrogens with zero attached hydrogens (tertiary/aromatic N) is 1. The molecule has 0 aromatic heterocycles. The van der Waals surface area contributed by atoms with Gasteiger partial charge in [-0.2, -0.15) is 11.8 Å². The van der Waals surface area contributed by atoms with Gasteiger partial charge in [0.25, 0.3) is 11.8 Å². The molecule has 0 aromatic rings. The van der Waals surface area contributed by atoms with Crippen molar-refractivity contribution in [1.29, 1.82) is 0 Å². The van der Waals surface area contributed by atoms with Gasteiger partial charge in [-0.25, -0.2) is 4.79 Å². The number of thioether (sulfide) groups is 1. The molecule has 3 aliphatic rings. The van der Waals surface area contributed by atoms with Gasteiger partial charge in [0.1, 0.15) is 0 Å². The summed E-state index contributed by atoms with van der Waals surface area (Å²) in [5, 5.41) is 9.54. The SMILES string of the molecule is O=C(CCCCC[C@@H]1SC[C@@H]2NC(=O)N[C@@H]21)NCCCCCCCCCCN1C(=O)C=C(Br)C1=O. The Balaban J connectivity index is 1.05. The molecule has 196 valence electrons. The lowest BCUT2D eigenvalue weighted by molar-refractivity contribution is -0.137. The lowest BCUT2D eigenvalue weighted by atomic mass is 10.0. The summed E-state index contributed by atoms with van der Waals surface area (Å²) < 4.78 is 0.353. The van der Waals surface area contributed by atoms with Gasteiger partial charge in [0.15, 0.2) is 0 Å². The summed E-state index contributed by atoms with van der Waals surface area (Å²) >= 11 is 5.06. The van der Waals surface area contributed by atoms with Crippen LogP contribution in [0.25, 0.3) is 0 Å². The average Bonchev–Trinajstić information content (AvgIpc) is 3.45. The minimum Gasteiger partial charge on any atom is -0.356 e. The van der Waals surface area contributed by atoms with Crippen molar-refractivity contribution in [2.24, 2.45) is 0 Å². The number of amides is 5. The van der Waals surface area contributed by atoms with Crippen molar-refractivity contribution in [1.82, 2.24) is 20.9 Å². The number of hydrogen-bond acceptors (Lipinski definition) is 5. The lowest BCUT2D eigenvalue weighted by Gasteiger charge is -2.16. The Bertz CT molecular complexity index is 793. The summed E-state index contributed by atoms with van der Waals surface area (Å²) in [4.78, 5) is 48.2. The van der Waals surface area contributed by atoms with Crippen LogP contribution in [0.2, 0.25) is 0 Å². The summed E-state index contributed by atoms with van der Waals surface area (Å²) in [5.74, 6) is 0.713. The van der Waals surface area contributed by atoms with Crippen LogP contribution in [0.5, 0.6) is 0 Å². The average molecular weight is 572 g/mol. The molecule has 2 saturated heterocycles. The fourth-order valence-electron chi connectivity index (χ4n) is 4.91. The Morgan fingerprint density at radius 3 is 2.37 bits per heavy atom. The number of halogens is 1. The number of imide groups is 1. The predicted octanol–water partition coefficient (Wildman–Crippen LogP) is 3.99. The highest BCUT2D eigenvalue weighted by atomic mass is 79.9. The second-order valence-corrected chi connectivity index (χ2v) is 11.8. The van der Waals surface area contributed by atoms with Gasteiger partial charge in [-0.1, -0.05) is 51.4 Å². The number of nitrogens with one attached hydrogen (secondary N) is 3. The molecule has 3 N–H and O–H groups in total. The molecule has 3 aliphatic heterocycles. The Kier molecular flexibility index (Phi) is 11.9. The highest BCUT2D eigenvalue weighted by Gasteiger charge is 2.42. The lowest BCUT2D eigenvalue weighted by Crippen LogP contribution is -2.36. The first-order valence-electron chi connectivity index (χ1n) is 13.1.